The summed E-state index contributed by atoms with van der Waals surface area (Å²) in [5.74, 6) is -1.90. The average molecular weight is 394 g/mol. The third kappa shape index (κ3) is 3.70. The van der Waals surface area contributed by atoms with Crippen LogP contribution in [-0.4, -0.2) is 11.7 Å². The van der Waals surface area contributed by atoms with Gasteiger partial charge < -0.3 is 10.6 Å². The molecule has 0 saturated carbocycles. The van der Waals surface area contributed by atoms with Gasteiger partial charge in [0, 0.05) is 40.6 Å². The van der Waals surface area contributed by atoms with E-state index in [0.29, 0.717) is 34.5 Å². The summed E-state index contributed by atoms with van der Waals surface area (Å²) in [6.07, 6.45) is 1.88. The normalized spacial score (nSPS) is 19.0. The monoisotopic (exact) mass is 394 g/mol. The minimum Gasteiger partial charge on any atom is -0.362 e. The Morgan fingerprint density at radius 2 is 1.83 bits per heavy atom. The molecule has 0 unspecified atom stereocenters. The molecule has 6 heteroatoms. The van der Waals surface area contributed by atoms with E-state index in [4.69, 9.17) is 0 Å². The molecule has 0 radical (unpaired) electrons. The molecule has 29 heavy (non-hydrogen) atoms. The number of nitrogens with one attached hydrogen (secondary N) is 2. The maximum Gasteiger partial charge on any atom is 0.254 e. The zero-order valence-electron chi connectivity index (χ0n) is 15.9. The van der Waals surface area contributed by atoms with E-state index in [0.717, 1.165) is 18.5 Å². The molecular weight excluding hydrogens is 374 g/mol. The van der Waals surface area contributed by atoms with E-state index >= 15 is 0 Å². The number of rotatable bonds is 3. The van der Waals surface area contributed by atoms with Gasteiger partial charge in [-0.25, -0.2) is 8.78 Å². The van der Waals surface area contributed by atoms with Gasteiger partial charge in [0.15, 0.2) is 5.78 Å². The lowest BCUT2D eigenvalue weighted by molar-refractivity contribution is -0.116. The van der Waals surface area contributed by atoms with E-state index < -0.39 is 23.5 Å². The molecule has 4 rings (SSSR count). The lowest BCUT2D eigenvalue weighted by Crippen LogP contribution is -2.35. The molecule has 2 aliphatic rings. The molecule has 148 valence electrons. The molecule has 1 aliphatic carbocycles. The number of Topliss-reactive ketones (excluding diaryl/α,β-unsaturated/α-hetero) is 1. The summed E-state index contributed by atoms with van der Waals surface area (Å²) >= 11 is 0. The van der Waals surface area contributed by atoms with Gasteiger partial charge in [-0.15, -0.1) is 0 Å². The second kappa shape index (κ2) is 7.62. The van der Waals surface area contributed by atoms with Crippen LogP contribution in [0, 0.1) is 11.6 Å². The fourth-order valence-electron chi connectivity index (χ4n) is 4.04. The topological polar surface area (TPSA) is 58.2 Å². The Balaban J connectivity index is 1.78. The Kier molecular flexibility index (Phi) is 5.01. The van der Waals surface area contributed by atoms with Crippen molar-refractivity contribution in [3.63, 3.8) is 0 Å². The molecule has 2 aromatic carbocycles. The van der Waals surface area contributed by atoms with Gasteiger partial charge in [-0.1, -0.05) is 18.2 Å². The van der Waals surface area contributed by atoms with Crippen LogP contribution in [0.1, 0.15) is 37.7 Å². The maximum absolute atomic E-state index is 13.5. The number of amides is 1. The van der Waals surface area contributed by atoms with E-state index in [2.05, 4.69) is 10.6 Å². The maximum atomic E-state index is 13.5. The summed E-state index contributed by atoms with van der Waals surface area (Å²) in [6, 6.07) is 11.5. The zero-order chi connectivity index (χ0) is 20.5. The first-order chi connectivity index (χ1) is 13.9. The number of anilines is 1. The summed E-state index contributed by atoms with van der Waals surface area (Å²) < 4.78 is 27.0. The Morgan fingerprint density at radius 3 is 2.55 bits per heavy atom. The molecule has 2 aromatic rings. The van der Waals surface area contributed by atoms with Crippen LogP contribution in [0.5, 0.6) is 0 Å². The number of ketones is 1. The summed E-state index contributed by atoms with van der Waals surface area (Å²) in [5.41, 5.74) is 3.35. The van der Waals surface area contributed by atoms with Crippen molar-refractivity contribution in [2.45, 2.75) is 32.1 Å². The van der Waals surface area contributed by atoms with Gasteiger partial charge in [0.25, 0.3) is 5.91 Å². The standard InChI is InChI=1S/C23H20F2N2O2/c1-13-20(23(29)27-17-5-2-4-16(25)12-17)21(14-8-10-15(24)11-9-14)22-18(26-13)6-3-7-19(22)28/h2,4-5,8-12,21,26H,3,6-7H2,1H3,(H,27,29)/t21-/m1/s1. The van der Waals surface area contributed by atoms with Gasteiger partial charge in [0.2, 0.25) is 0 Å². The number of benzene rings is 2. The van der Waals surface area contributed by atoms with Crippen molar-refractivity contribution in [1.29, 1.82) is 0 Å². The van der Waals surface area contributed by atoms with Gasteiger partial charge in [0.1, 0.15) is 11.6 Å². The first-order valence-electron chi connectivity index (χ1n) is 9.50. The predicted molar refractivity (Wildman–Crippen MR) is 106 cm³/mol. The SMILES string of the molecule is CC1=C(C(=O)Nc2cccc(F)c2)[C@@H](c2ccc(F)cc2)C2=C(CCCC2=O)N1. The molecule has 0 fully saturated rings. The fraction of sp³-hybridized carbons (Fsp3) is 0.217. The van der Waals surface area contributed by atoms with Gasteiger partial charge in [-0.3, -0.25) is 9.59 Å². The minimum atomic E-state index is -0.604. The third-order valence-electron chi connectivity index (χ3n) is 5.31. The summed E-state index contributed by atoms with van der Waals surface area (Å²) in [7, 11) is 0. The van der Waals surface area contributed by atoms with Gasteiger partial charge in [-0.05, 0) is 55.7 Å². The molecular formula is C23H20F2N2O2. The molecule has 4 nitrogen and oxygen atoms in total. The molecule has 2 N–H and O–H groups in total. The summed E-state index contributed by atoms with van der Waals surface area (Å²) in [5, 5.41) is 5.94. The highest BCUT2D eigenvalue weighted by Gasteiger charge is 2.38. The fourth-order valence-corrected chi connectivity index (χ4v) is 4.04. The highest BCUT2D eigenvalue weighted by atomic mass is 19.1. The van der Waals surface area contributed by atoms with Crippen LogP contribution in [0.25, 0.3) is 0 Å². The zero-order valence-corrected chi connectivity index (χ0v) is 15.9. The quantitative estimate of drug-likeness (QED) is 0.802. The Bertz CT molecular complexity index is 1050. The van der Waals surface area contributed by atoms with Crippen molar-refractivity contribution in [3.8, 4) is 0 Å². The van der Waals surface area contributed by atoms with Crippen LogP contribution in [0.2, 0.25) is 0 Å². The van der Waals surface area contributed by atoms with E-state index in [-0.39, 0.29) is 5.78 Å². The van der Waals surface area contributed by atoms with E-state index in [1.54, 1.807) is 25.1 Å². The molecule has 0 bridgehead atoms. The number of carbonyl (C=O) groups excluding carboxylic acids is 2. The number of carbonyl (C=O) groups is 2. The van der Waals surface area contributed by atoms with Gasteiger partial charge >= 0.3 is 0 Å². The first kappa shape index (κ1) is 19.1. The molecule has 1 heterocycles. The van der Waals surface area contributed by atoms with Crippen molar-refractivity contribution in [3.05, 3.63) is 88.3 Å². The van der Waals surface area contributed by atoms with E-state index in [1.807, 2.05) is 0 Å². The van der Waals surface area contributed by atoms with Gasteiger partial charge in [0.05, 0.1) is 0 Å². The number of hydrogen-bond donors (Lipinski definition) is 2. The Morgan fingerprint density at radius 1 is 1.07 bits per heavy atom. The average Bonchev–Trinajstić information content (AvgIpc) is 2.67. The molecule has 0 spiro atoms. The summed E-state index contributed by atoms with van der Waals surface area (Å²) in [6.45, 7) is 1.78. The van der Waals surface area contributed by atoms with Crippen LogP contribution >= 0.6 is 0 Å². The van der Waals surface area contributed by atoms with Crippen molar-refractivity contribution < 1.29 is 18.4 Å². The van der Waals surface area contributed by atoms with Crippen molar-refractivity contribution >= 4 is 17.4 Å². The second-order valence-corrected chi connectivity index (χ2v) is 7.28. The number of dihydropyridines is 1. The number of halogens is 2. The molecule has 1 aliphatic heterocycles. The molecule has 0 aromatic heterocycles. The lowest BCUT2D eigenvalue weighted by Gasteiger charge is -2.34. The first-order valence-corrected chi connectivity index (χ1v) is 9.50. The van der Waals surface area contributed by atoms with Crippen LogP contribution in [0.3, 0.4) is 0 Å². The van der Waals surface area contributed by atoms with Crippen molar-refractivity contribution in [2.75, 3.05) is 5.32 Å². The van der Waals surface area contributed by atoms with Crippen LogP contribution in [-0.2, 0) is 9.59 Å². The lowest BCUT2D eigenvalue weighted by atomic mass is 9.75. The Hall–Kier alpha value is -3.28. The second-order valence-electron chi connectivity index (χ2n) is 7.28. The molecule has 1 atom stereocenters. The largest absolute Gasteiger partial charge is 0.362 e. The van der Waals surface area contributed by atoms with Crippen LogP contribution in [0.15, 0.2) is 71.1 Å². The highest BCUT2D eigenvalue weighted by molar-refractivity contribution is 6.09. The van der Waals surface area contributed by atoms with Gasteiger partial charge in [-0.2, -0.15) is 0 Å². The number of hydrogen-bond acceptors (Lipinski definition) is 3. The van der Waals surface area contributed by atoms with Crippen molar-refractivity contribution in [2.24, 2.45) is 0 Å². The smallest absolute Gasteiger partial charge is 0.254 e. The molecule has 1 amide bonds. The minimum absolute atomic E-state index is 0.0170. The Labute approximate surface area is 167 Å². The van der Waals surface area contributed by atoms with E-state index in [9.17, 15) is 18.4 Å². The summed E-state index contributed by atoms with van der Waals surface area (Å²) in [4.78, 5) is 26.0. The highest BCUT2D eigenvalue weighted by Crippen LogP contribution is 2.42. The predicted octanol–water partition coefficient (Wildman–Crippen LogP) is 4.57. The van der Waals surface area contributed by atoms with E-state index in [1.165, 1.54) is 30.3 Å². The third-order valence-corrected chi connectivity index (χ3v) is 5.31. The number of allylic oxidation sites excluding steroid dienone is 3. The molecule has 0 saturated heterocycles. The van der Waals surface area contributed by atoms with Crippen LogP contribution < -0.4 is 10.6 Å². The van der Waals surface area contributed by atoms with Crippen LogP contribution in [0.4, 0.5) is 14.5 Å². The van der Waals surface area contributed by atoms with Crippen molar-refractivity contribution in [1.82, 2.24) is 5.32 Å².